The minimum absolute atomic E-state index is 0.211. The molecular weight excluding hydrogens is 348 g/mol. The van der Waals surface area contributed by atoms with Gasteiger partial charge in [0.15, 0.2) is 0 Å². The van der Waals surface area contributed by atoms with E-state index in [9.17, 15) is 26.0 Å². The van der Waals surface area contributed by atoms with Crippen LogP contribution in [0.5, 0.6) is 0 Å². The van der Waals surface area contributed by atoms with Crippen molar-refractivity contribution in [3.8, 4) is 0 Å². The van der Waals surface area contributed by atoms with Crippen molar-refractivity contribution in [1.29, 1.82) is 0 Å². The molecule has 0 spiro atoms. The molecule has 2 aromatic rings. The van der Waals surface area contributed by atoms with Gasteiger partial charge in [-0.05, 0) is 30.3 Å². The number of benzene rings is 2. The SMILES string of the molecule is CN(C)c1ccc(C(F)(F)F)cc1NS(=O)(=O)c1ccccc1F. The van der Waals surface area contributed by atoms with Crippen LogP contribution in [0.3, 0.4) is 0 Å². The second kappa shape index (κ2) is 6.31. The van der Waals surface area contributed by atoms with Crippen LogP contribution < -0.4 is 9.62 Å². The normalized spacial score (nSPS) is 12.1. The zero-order valence-corrected chi connectivity index (χ0v) is 13.5. The van der Waals surface area contributed by atoms with E-state index in [4.69, 9.17) is 0 Å². The van der Waals surface area contributed by atoms with Crippen molar-refractivity contribution < 1.29 is 26.0 Å². The number of rotatable bonds is 4. The first-order chi connectivity index (χ1) is 11.0. The van der Waals surface area contributed by atoms with E-state index >= 15 is 0 Å². The predicted molar refractivity (Wildman–Crippen MR) is 83.0 cm³/mol. The molecule has 0 aliphatic heterocycles. The highest BCUT2D eigenvalue weighted by Crippen LogP contribution is 2.35. The average Bonchev–Trinajstić information content (AvgIpc) is 2.45. The van der Waals surface area contributed by atoms with Crippen molar-refractivity contribution in [2.45, 2.75) is 11.1 Å². The van der Waals surface area contributed by atoms with Gasteiger partial charge < -0.3 is 4.90 Å². The molecule has 0 radical (unpaired) electrons. The van der Waals surface area contributed by atoms with Gasteiger partial charge in [0, 0.05) is 14.1 Å². The molecule has 2 aromatic carbocycles. The third kappa shape index (κ3) is 3.78. The fourth-order valence-corrected chi connectivity index (χ4v) is 3.19. The fourth-order valence-electron chi connectivity index (χ4n) is 2.05. The number of nitrogens with zero attached hydrogens (tertiary/aromatic N) is 1. The zero-order chi connectivity index (χ0) is 18.1. The standard InChI is InChI=1S/C15H14F4N2O2S/c1-21(2)13-8-7-10(15(17,18)19)9-12(13)20-24(22,23)14-6-4-3-5-11(14)16/h3-9,20H,1-2H3. The minimum Gasteiger partial charge on any atom is -0.376 e. The molecule has 130 valence electrons. The molecule has 2 rings (SSSR count). The van der Waals surface area contributed by atoms with E-state index in [1.807, 2.05) is 4.72 Å². The molecule has 0 saturated heterocycles. The van der Waals surface area contributed by atoms with Gasteiger partial charge >= 0.3 is 6.18 Å². The molecule has 0 amide bonds. The molecule has 9 heteroatoms. The van der Waals surface area contributed by atoms with Gasteiger partial charge in [0.05, 0.1) is 16.9 Å². The maximum absolute atomic E-state index is 13.7. The van der Waals surface area contributed by atoms with Crippen LogP contribution in [-0.4, -0.2) is 22.5 Å². The Kier molecular flexibility index (Phi) is 4.75. The van der Waals surface area contributed by atoms with Gasteiger partial charge in [-0.15, -0.1) is 0 Å². The number of hydrogen-bond donors (Lipinski definition) is 1. The van der Waals surface area contributed by atoms with Crippen molar-refractivity contribution in [1.82, 2.24) is 0 Å². The van der Waals surface area contributed by atoms with Crippen LogP contribution in [0.1, 0.15) is 5.56 Å². The van der Waals surface area contributed by atoms with Gasteiger partial charge in [-0.3, -0.25) is 4.72 Å². The Labute approximate surface area is 136 Å². The van der Waals surface area contributed by atoms with Crippen molar-refractivity contribution in [2.75, 3.05) is 23.7 Å². The molecule has 0 aliphatic rings. The third-order valence-corrected chi connectivity index (χ3v) is 4.57. The highest BCUT2D eigenvalue weighted by Gasteiger charge is 2.32. The summed E-state index contributed by atoms with van der Waals surface area (Å²) in [7, 11) is -1.29. The summed E-state index contributed by atoms with van der Waals surface area (Å²) < 4.78 is 79.0. The monoisotopic (exact) mass is 362 g/mol. The number of nitrogens with one attached hydrogen (secondary N) is 1. The lowest BCUT2D eigenvalue weighted by atomic mass is 10.1. The van der Waals surface area contributed by atoms with Crippen LogP contribution in [0.2, 0.25) is 0 Å². The summed E-state index contributed by atoms with van der Waals surface area (Å²) in [5, 5.41) is 0. The van der Waals surface area contributed by atoms with Crippen molar-refractivity contribution >= 4 is 21.4 Å². The molecule has 0 fully saturated rings. The number of sulfonamides is 1. The van der Waals surface area contributed by atoms with Crippen molar-refractivity contribution in [2.24, 2.45) is 0 Å². The number of alkyl halides is 3. The highest BCUT2D eigenvalue weighted by molar-refractivity contribution is 7.92. The predicted octanol–water partition coefficient (Wildman–Crippen LogP) is 3.71. The zero-order valence-electron chi connectivity index (χ0n) is 12.7. The van der Waals surface area contributed by atoms with Crippen LogP contribution in [0.4, 0.5) is 28.9 Å². The quantitative estimate of drug-likeness (QED) is 0.844. The molecule has 0 unspecified atom stereocenters. The Balaban J connectivity index is 2.53. The van der Waals surface area contributed by atoms with Crippen LogP contribution in [-0.2, 0) is 16.2 Å². The van der Waals surface area contributed by atoms with Gasteiger partial charge in [-0.25, -0.2) is 12.8 Å². The summed E-state index contributed by atoms with van der Waals surface area (Å²) in [5.74, 6) is -0.997. The summed E-state index contributed by atoms with van der Waals surface area (Å²) in [5.41, 5.74) is -1.10. The van der Waals surface area contributed by atoms with E-state index in [2.05, 4.69) is 0 Å². The lowest BCUT2D eigenvalue weighted by Crippen LogP contribution is -2.19. The van der Waals surface area contributed by atoms with Crippen LogP contribution in [0.15, 0.2) is 47.4 Å². The topological polar surface area (TPSA) is 49.4 Å². The van der Waals surface area contributed by atoms with Crippen LogP contribution in [0.25, 0.3) is 0 Å². The van der Waals surface area contributed by atoms with E-state index in [1.165, 1.54) is 17.0 Å². The largest absolute Gasteiger partial charge is 0.416 e. The molecule has 0 atom stereocenters. The Hall–Kier alpha value is -2.29. The first kappa shape index (κ1) is 18.1. The van der Waals surface area contributed by atoms with E-state index in [-0.39, 0.29) is 11.4 Å². The molecule has 1 N–H and O–H groups in total. The van der Waals surface area contributed by atoms with E-state index < -0.39 is 32.5 Å². The van der Waals surface area contributed by atoms with Gasteiger partial charge in [0.25, 0.3) is 10.0 Å². The summed E-state index contributed by atoms with van der Waals surface area (Å²) in [6.45, 7) is 0. The van der Waals surface area contributed by atoms with E-state index in [0.717, 1.165) is 24.3 Å². The molecule has 0 bridgehead atoms. The summed E-state index contributed by atoms with van der Waals surface area (Å²) >= 11 is 0. The van der Waals surface area contributed by atoms with Crippen molar-refractivity contribution in [3.63, 3.8) is 0 Å². The summed E-state index contributed by atoms with van der Waals surface area (Å²) in [6.07, 6.45) is -4.64. The Bertz CT molecular complexity index is 849. The smallest absolute Gasteiger partial charge is 0.376 e. The molecule has 0 saturated carbocycles. The first-order valence-corrected chi connectivity index (χ1v) is 8.16. The second-order valence-electron chi connectivity index (χ2n) is 5.16. The van der Waals surface area contributed by atoms with E-state index in [1.54, 1.807) is 14.1 Å². The Morgan fingerprint density at radius 1 is 1.04 bits per heavy atom. The second-order valence-corrected chi connectivity index (χ2v) is 6.81. The van der Waals surface area contributed by atoms with Gasteiger partial charge in [-0.1, -0.05) is 12.1 Å². The van der Waals surface area contributed by atoms with Crippen LogP contribution >= 0.6 is 0 Å². The summed E-state index contributed by atoms with van der Waals surface area (Å²) in [6, 6.07) is 7.26. The fraction of sp³-hybridized carbons (Fsp3) is 0.200. The maximum Gasteiger partial charge on any atom is 0.416 e. The van der Waals surface area contributed by atoms with Gasteiger partial charge in [-0.2, -0.15) is 13.2 Å². The number of hydrogen-bond acceptors (Lipinski definition) is 3. The summed E-state index contributed by atoms with van der Waals surface area (Å²) in [4.78, 5) is 0.798. The number of anilines is 2. The van der Waals surface area contributed by atoms with Crippen LogP contribution in [0, 0.1) is 5.82 Å². The molecular formula is C15H14F4N2O2S. The lowest BCUT2D eigenvalue weighted by Gasteiger charge is -2.20. The molecule has 0 aromatic heterocycles. The van der Waals surface area contributed by atoms with Gasteiger partial charge in [0.1, 0.15) is 10.7 Å². The average molecular weight is 362 g/mol. The lowest BCUT2D eigenvalue weighted by molar-refractivity contribution is -0.137. The molecule has 24 heavy (non-hydrogen) atoms. The van der Waals surface area contributed by atoms with E-state index in [0.29, 0.717) is 6.07 Å². The number of halogens is 4. The minimum atomic E-state index is -4.64. The Morgan fingerprint density at radius 2 is 1.67 bits per heavy atom. The highest BCUT2D eigenvalue weighted by atomic mass is 32.2. The van der Waals surface area contributed by atoms with Gasteiger partial charge in [0.2, 0.25) is 0 Å². The first-order valence-electron chi connectivity index (χ1n) is 6.68. The molecule has 0 heterocycles. The molecule has 4 nitrogen and oxygen atoms in total. The molecule has 0 aliphatic carbocycles. The Morgan fingerprint density at radius 3 is 2.21 bits per heavy atom. The maximum atomic E-state index is 13.7. The van der Waals surface area contributed by atoms with Crippen molar-refractivity contribution in [3.05, 3.63) is 53.8 Å². The third-order valence-electron chi connectivity index (χ3n) is 3.18.